The molecule has 19 heteroatoms. The maximum absolute atomic E-state index is 13.1. The number of phosphoric ester groups is 2. The van der Waals surface area contributed by atoms with Crippen LogP contribution in [0.3, 0.4) is 0 Å². The number of ether oxygens (including phenoxy) is 4. The summed E-state index contributed by atoms with van der Waals surface area (Å²) in [6, 6.07) is 0. The predicted octanol–water partition coefficient (Wildman–Crippen LogP) is 21.2. The molecule has 0 radical (unpaired) electrons. The molecule has 3 N–H and O–H groups in total. The molecule has 92 heavy (non-hydrogen) atoms. The number of phosphoric acid groups is 2. The number of aliphatic hydroxyl groups excluding tert-OH is 1. The van der Waals surface area contributed by atoms with Gasteiger partial charge in [-0.3, -0.25) is 37.3 Å². The molecular weight excluding hydrogens is 1210 g/mol. The van der Waals surface area contributed by atoms with Gasteiger partial charge in [-0.1, -0.05) is 324 Å². The molecule has 0 spiro atoms. The summed E-state index contributed by atoms with van der Waals surface area (Å²) >= 11 is 0. The van der Waals surface area contributed by atoms with Crippen LogP contribution >= 0.6 is 15.6 Å². The van der Waals surface area contributed by atoms with Crippen LogP contribution in [-0.4, -0.2) is 96.7 Å². The second-order valence-corrected chi connectivity index (χ2v) is 30.2. The summed E-state index contributed by atoms with van der Waals surface area (Å²) in [5.41, 5.74) is 0. The van der Waals surface area contributed by atoms with Gasteiger partial charge in [0.1, 0.15) is 19.3 Å². The van der Waals surface area contributed by atoms with Crippen molar-refractivity contribution in [1.82, 2.24) is 0 Å². The molecule has 0 amide bonds. The highest BCUT2D eigenvalue weighted by Crippen LogP contribution is 2.45. The highest BCUT2D eigenvalue weighted by molar-refractivity contribution is 7.47. The Morgan fingerprint density at radius 2 is 0.500 bits per heavy atom. The Labute approximate surface area is 562 Å². The number of unbranched alkanes of at least 4 members (excludes halogenated alkanes) is 42. The van der Waals surface area contributed by atoms with Gasteiger partial charge in [-0.15, -0.1) is 0 Å². The molecule has 17 nitrogen and oxygen atoms in total. The van der Waals surface area contributed by atoms with Crippen LogP contribution in [0.5, 0.6) is 0 Å². The minimum absolute atomic E-state index is 0.107. The van der Waals surface area contributed by atoms with Crippen molar-refractivity contribution in [2.24, 2.45) is 11.8 Å². The molecule has 0 saturated heterocycles. The van der Waals surface area contributed by atoms with Gasteiger partial charge in [0.2, 0.25) is 0 Å². The van der Waals surface area contributed by atoms with E-state index in [2.05, 4.69) is 41.5 Å². The fourth-order valence-corrected chi connectivity index (χ4v) is 12.7. The highest BCUT2D eigenvalue weighted by atomic mass is 31.2. The van der Waals surface area contributed by atoms with Crippen molar-refractivity contribution >= 4 is 39.5 Å². The maximum Gasteiger partial charge on any atom is 0.472 e. The predicted molar refractivity (Wildman–Crippen MR) is 372 cm³/mol. The average Bonchev–Trinajstić information content (AvgIpc) is 3.49. The number of rotatable bonds is 72. The zero-order valence-corrected chi connectivity index (χ0v) is 61.6. The van der Waals surface area contributed by atoms with E-state index >= 15 is 0 Å². The quantitative estimate of drug-likeness (QED) is 0.0222. The Hall–Kier alpha value is -1.94. The third-order valence-corrected chi connectivity index (χ3v) is 18.9. The van der Waals surface area contributed by atoms with Crippen molar-refractivity contribution in [3.8, 4) is 0 Å². The van der Waals surface area contributed by atoms with E-state index in [0.29, 0.717) is 25.7 Å². The van der Waals surface area contributed by atoms with Gasteiger partial charge in [-0.2, -0.15) is 0 Å². The minimum atomic E-state index is -4.95. The van der Waals surface area contributed by atoms with Crippen LogP contribution in [0.4, 0.5) is 0 Å². The monoisotopic (exact) mass is 1350 g/mol. The first-order chi connectivity index (χ1) is 44.4. The van der Waals surface area contributed by atoms with Gasteiger partial charge in [-0.25, -0.2) is 9.13 Å². The van der Waals surface area contributed by atoms with Crippen molar-refractivity contribution in [2.75, 3.05) is 39.6 Å². The van der Waals surface area contributed by atoms with Gasteiger partial charge >= 0.3 is 39.5 Å². The van der Waals surface area contributed by atoms with Gasteiger partial charge in [-0.05, 0) is 37.5 Å². The molecule has 2 unspecified atom stereocenters. The summed E-state index contributed by atoms with van der Waals surface area (Å²) in [5, 5.41) is 10.6. The van der Waals surface area contributed by atoms with Crippen molar-refractivity contribution < 1.29 is 80.2 Å². The van der Waals surface area contributed by atoms with Crippen molar-refractivity contribution in [1.29, 1.82) is 0 Å². The maximum atomic E-state index is 13.1. The van der Waals surface area contributed by atoms with Gasteiger partial charge < -0.3 is 33.8 Å². The molecule has 546 valence electrons. The zero-order chi connectivity index (χ0) is 67.9. The smallest absolute Gasteiger partial charge is 0.462 e. The number of aliphatic hydroxyl groups is 1. The Morgan fingerprint density at radius 3 is 0.739 bits per heavy atom. The van der Waals surface area contributed by atoms with Crippen LogP contribution in [-0.2, 0) is 65.4 Å². The summed E-state index contributed by atoms with van der Waals surface area (Å²) in [6.07, 6.45) is 51.2. The van der Waals surface area contributed by atoms with E-state index in [1.54, 1.807) is 0 Å². The van der Waals surface area contributed by atoms with Crippen LogP contribution in [0.15, 0.2) is 0 Å². The Balaban J connectivity index is 5.24. The number of carbonyl (C=O) groups excluding carboxylic acids is 4. The van der Waals surface area contributed by atoms with Crippen molar-refractivity contribution in [2.45, 2.75) is 394 Å². The lowest BCUT2D eigenvalue weighted by atomic mass is 10.0. The molecule has 0 aliphatic heterocycles. The number of esters is 4. The molecule has 0 aliphatic carbocycles. The largest absolute Gasteiger partial charge is 0.472 e. The van der Waals surface area contributed by atoms with E-state index in [9.17, 15) is 43.2 Å². The number of hydrogen-bond donors (Lipinski definition) is 3. The molecule has 0 heterocycles. The van der Waals surface area contributed by atoms with E-state index in [1.165, 1.54) is 193 Å². The molecule has 0 fully saturated rings. The van der Waals surface area contributed by atoms with Crippen molar-refractivity contribution in [3.63, 3.8) is 0 Å². The summed E-state index contributed by atoms with van der Waals surface area (Å²) < 4.78 is 68.4. The summed E-state index contributed by atoms with van der Waals surface area (Å²) in [6.45, 7) is 9.59. The van der Waals surface area contributed by atoms with E-state index in [0.717, 1.165) is 102 Å². The lowest BCUT2D eigenvalue weighted by Crippen LogP contribution is -2.30. The lowest BCUT2D eigenvalue weighted by Gasteiger charge is -2.21. The lowest BCUT2D eigenvalue weighted by molar-refractivity contribution is -0.161. The molecule has 0 aromatic rings. The normalized spacial score (nSPS) is 14.1. The van der Waals surface area contributed by atoms with Crippen molar-refractivity contribution in [3.05, 3.63) is 0 Å². The Morgan fingerprint density at radius 1 is 0.293 bits per heavy atom. The van der Waals surface area contributed by atoms with Gasteiger partial charge in [0.05, 0.1) is 26.4 Å². The minimum Gasteiger partial charge on any atom is -0.462 e. The van der Waals surface area contributed by atoms with Crippen LogP contribution in [0.1, 0.15) is 375 Å². The van der Waals surface area contributed by atoms with E-state index < -0.39 is 97.5 Å². The fourth-order valence-electron chi connectivity index (χ4n) is 11.1. The topological polar surface area (TPSA) is 237 Å². The highest BCUT2D eigenvalue weighted by Gasteiger charge is 2.30. The van der Waals surface area contributed by atoms with Crippen LogP contribution in [0.25, 0.3) is 0 Å². The molecule has 0 aromatic carbocycles. The second-order valence-electron chi connectivity index (χ2n) is 27.3. The number of hydrogen-bond acceptors (Lipinski definition) is 15. The average molecular weight is 1350 g/mol. The molecule has 0 saturated carbocycles. The molecule has 0 aliphatic rings. The molecule has 5 atom stereocenters. The third-order valence-electron chi connectivity index (χ3n) is 17.0. The molecule has 0 bridgehead atoms. The molecule has 0 rings (SSSR count). The van der Waals surface area contributed by atoms with Gasteiger partial charge in [0, 0.05) is 25.7 Å². The summed E-state index contributed by atoms with van der Waals surface area (Å²) in [4.78, 5) is 72.6. The Bertz CT molecular complexity index is 1790. The first-order valence-corrected chi connectivity index (χ1v) is 41.0. The standard InChI is InChI=1S/C73H142O17P2/c1-7-9-11-13-15-17-24-33-39-45-51-57-72(77)89-68(61-83-70(75)55-49-43-37-31-18-16-14-12-10-8-2)63-87-91(79,80)85-59-67(74)60-86-92(81,82)88-64-69(62-84-71(76)56-50-44-38-32-28-23-26-30-36-42-48-54-66(5)6)90-73(78)58-52-46-40-34-27-22-20-19-21-25-29-35-41-47-53-65(3)4/h65-69,74H,7-64H2,1-6H3,(H,79,80)(H,81,82)/t67-,68+,69+/m0/s1. The Kier molecular flexibility index (Phi) is 63.7. The van der Waals surface area contributed by atoms with E-state index in [4.69, 9.17) is 37.0 Å². The third kappa shape index (κ3) is 66.7. The van der Waals surface area contributed by atoms with Crippen LogP contribution < -0.4 is 0 Å². The summed E-state index contributed by atoms with van der Waals surface area (Å²) in [5.74, 6) is -0.552. The first kappa shape index (κ1) is 90.1. The van der Waals surface area contributed by atoms with Crippen LogP contribution in [0, 0.1) is 11.8 Å². The molecular formula is C73H142O17P2. The van der Waals surface area contributed by atoms with E-state index in [1.807, 2.05) is 0 Å². The van der Waals surface area contributed by atoms with E-state index in [-0.39, 0.29) is 25.7 Å². The second kappa shape index (κ2) is 65.0. The van der Waals surface area contributed by atoms with Gasteiger partial charge in [0.25, 0.3) is 0 Å². The SMILES string of the molecule is CCCCCCCCCCCCCC(=O)O[C@H](COC(=O)CCCCCCCCCCCC)COP(=O)(O)OC[C@H](O)COP(=O)(O)OC[C@@H](COC(=O)CCCCCCCCCCCCCC(C)C)OC(=O)CCCCCCCCCCCCCCCCC(C)C. The first-order valence-electron chi connectivity index (χ1n) is 38.0. The number of carbonyl (C=O) groups is 4. The zero-order valence-electron chi connectivity index (χ0n) is 59.9. The molecule has 0 aromatic heterocycles. The van der Waals surface area contributed by atoms with Gasteiger partial charge in [0.15, 0.2) is 12.2 Å². The van der Waals surface area contributed by atoms with Crippen LogP contribution in [0.2, 0.25) is 0 Å². The fraction of sp³-hybridized carbons (Fsp3) is 0.945. The summed E-state index contributed by atoms with van der Waals surface area (Å²) in [7, 11) is -9.90.